The van der Waals surface area contributed by atoms with Gasteiger partial charge >= 0.3 is 5.97 Å². The molecule has 2 aliphatic rings. The number of ether oxygens (including phenoxy) is 3. The zero-order chi connectivity index (χ0) is 32.0. The van der Waals surface area contributed by atoms with Crippen molar-refractivity contribution in [3.8, 4) is 22.6 Å². The Morgan fingerprint density at radius 1 is 1.16 bits per heavy atom. The number of hydrogen-bond donors (Lipinski definition) is 0. The van der Waals surface area contributed by atoms with Crippen molar-refractivity contribution in [2.24, 2.45) is 0 Å². The second kappa shape index (κ2) is 11.8. The highest BCUT2D eigenvalue weighted by Gasteiger charge is 2.37. The minimum absolute atomic E-state index is 0.0618. The van der Waals surface area contributed by atoms with Crippen molar-refractivity contribution in [2.45, 2.75) is 123 Å². The predicted octanol–water partition coefficient (Wildman–Crippen LogP) is 7.00. The van der Waals surface area contributed by atoms with Crippen LogP contribution < -0.4 is 0 Å². The molecule has 1 aromatic carbocycles. The predicted molar refractivity (Wildman–Crippen MR) is 166 cm³/mol. The highest BCUT2D eigenvalue weighted by molar-refractivity contribution is 5.84. The number of esters is 1. The van der Waals surface area contributed by atoms with E-state index in [1.54, 1.807) is 0 Å². The third-order valence-electron chi connectivity index (χ3n) is 7.96. The number of fused-ring (bicyclic) bond motifs is 3. The van der Waals surface area contributed by atoms with Crippen LogP contribution in [0.2, 0.25) is 0 Å². The smallest absolute Gasteiger partial charge is 0.308 e. The average Bonchev–Trinajstić information content (AvgIpc) is 3.36. The third-order valence-corrected chi connectivity index (χ3v) is 7.96. The molecule has 0 spiro atoms. The molecule has 4 heterocycles. The standard InChI is InChI=1S/C34H44FN5O4/c1-20(2)29-25(15-14-23-18-24(43-34(8,9)42-23)19-27(41)44-32(3,4)5)28(21-10-12-22(35)13-11-21)26-16-17-33(6,7)40-31(30(26)36-29)37-38-39-40/h10-15,20,23-24H,16-19H2,1-9H3/b15-14+/t23-,24-/m1/s1. The Bertz CT molecular complexity index is 1550. The van der Waals surface area contributed by atoms with Crippen LogP contribution in [0.15, 0.2) is 30.3 Å². The number of rotatable bonds is 6. The van der Waals surface area contributed by atoms with E-state index in [1.807, 2.05) is 57.5 Å². The van der Waals surface area contributed by atoms with Crippen LogP contribution in [0.3, 0.4) is 0 Å². The molecule has 2 atom stereocenters. The van der Waals surface area contributed by atoms with E-state index >= 15 is 0 Å². The fourth-order valence-electron chi connectivity index (χ4n) is 6.08. The molecule has 5 rings (SSSR count). The second-order valence-corrected chi connectivity index (χ2v) is 14.2. The van der Waals surface area contributed by atoms with Crippen LogP contribution >= 0.6 is 0 Å². The average molecular weight is 606 g/mol. The molecular weight excluding hydrogens is 561 g/mol. The summed E-state index contributed by atoms with van der Waals surface area (Å²) in [5.41, 5.74) is 4.59. The van der Waals surface area contributed by atoms with Gasteiger partial charge in [0.05, 0.1) is 29.9 Å². The first-order valence-corrected chi connectivity index (χ1v) is 15.4. The topological polar surface area (TPSA) is 101 Å². The Kier molecular flexibility index (Phi) is 8.54. The summed E-state index contributed by atoms with van der Waals surface area (Å²) >= 11 is 0. The van der Waals surface area contributed by atoms with Crippen molar-refractivity contribution >= 4 is 12.0 Å². The fraction of sp³-hybridized carbons (Fsp3) is 0.559. The van der Waals surface area contributed by atoms with Gasteiger partial charge in [-0.15, -0.1) is 5.10 Å². The van der Waals surface area contributed by atoms with E-state index in [0.29, 0.717) is 12.2 Å². The van der Waals surface area contributed by atoms with Crippen LogP contribution in [0.5, 0.6) is 0 Å². The zero-order valence-corrected chi connectivity index (χ0v) is 27.3. The van der Waals surface area contributed by atoms with Crippen LogP contribution in [0, 0.1) is 5.82 Å². The molecule has 0 saturated carbocycles. The number of hydrogen-bond acceptors (Lipinski definition) is 8. The summed E-state index contributed by atoms with van der Waals surface area (Å²) in [6.07, 6.45) is 5.55. The maximum Gasteiger partial charge on any atom is 0.308 e. The number of halogens is 1. The molecule has 236 valence electrons. The van der Waals surface area contributed by atoms with Gasteiger partial charge in [0.2, 0.25) is 5.82 Å². The van der Waals surface area contributed by atoms with Crippen molar-refractivity contribution in [3.63, 3.8) is 0 Å². The molecule has 2 aliphatic heterocycles. The summed E-state index contributed by atoms with van der Waals surface area (Å²) < 4.78 is 34.0. The number of nitrogens with zero attached hydrogens (tertiary/aromatic N) is 5. The number of carbonyl (C=O) groups excluding carboxylic acids is 1. The molecule has 10 heteroatoms. The van der Waals surface area contributed by atoms with Crippen LogP contribution in [-0.2, 0) is 31.0 Å². The molecule has 0 radical (unpaired) electrons. The van der Waals surface area contributed by atoms with Gasteiger partial charge in [0.1, 0.15) is 17.1 Å². The highest BCUT2D eigenvalue weighted by Crippen LogP contribution is 2.43. The van der Waals surface area contributed by atoms with E-state index in [1.165, 1.54) is 12.1 Å². The van der Waals surface area contributed by atoms with E-state index in [4.69, 9.17) is 19.2 Å². The molecule has 0 N–H and O–H groups in total. The summed E-state index contributed by atoms with van der Waals surface area (Å²) in [5.74, 6) is -0.803. The van der Waals surface area contributed by atoms with Gasteiger partial charge in [0.15, 0.2) is 5.79 Å². The number of pyridine rings is 1. The Morgan fingerprint density at radius 3 is 2.52 bits per heavy atom. The highest BCUT2D eigenvalue weighted by atomic mass is 19.1. The van der Waals surface area contributed by atoms with Gasteiger partial charge in [-0.25, -0.2) is 14.1 Å². The molecule has 9 nitrogen and oxygen atoms in total. The van der Waals surface area contributed by atoms with Gasteiger partial charge in [0, 0.05) is 12.0 Å². The zero-order valence-electron chi connectivity index (χ0n) is 27.3. The molecule has 0 aliphatic carbocycles. The van der Waals surface area contributed by atoms with Crippen LogP contribution in [0.1, 0.15) is 104 Å². The third kappa shape index (κ3) is 6.91. The maximum absolute atomic E-state index is 14.1. The largest absolute Gasteiger partial charge is 0.460 e. The lowest BCUT2D eigenvalue weighted by Crippen LogP contribution is -2.45. The number of carbonyl (C=O) groups is 1. The maximum atomic E-state index is 14.1. The summed E-state index contributed by atoms with van der Waals surface area (Å²) in [6, 6.07) is 6.61. The lowest BCUT2D eigenvalue weighted by molar-refractivity contribution is -0.290. The molecule has 0 bridgehead atoms. The molecule has 1 saturated heterocycles. The van der Waals surface area contributed by atoms with Gasteiger partial charge in [0.25, 0.3) is 0 Å². The number of benzene rings is 1. The van der Waals surface area contributed by atoms with Gasteiger partial charge in [-0.2, -0.15) is 0 Å². The molecule has 1 fully saturated rings. The minimum Gasteiger partial charge on any atom is -0.460 e. The lowest BCUT2D eigenvalue weighted by Gasteiger charge is -2.39. The molecule has 0 unspecified atom stereocenters. The van der Waals surface area contributed by atoms with Crippen LogP contribution in [0.25, 0.3) is 28.7 Å². The van der Waals surface area contributed by atoms with Crippen LogP contribution in [0.4, 0.5) is 4.39 Å². The SMILES string of the molecule is CC(C)c1nc2c(c(-c3ccc(F)cc3)c1/C=C/[C@@H]1C[C@H](CC(=O)OC(C)(C)C)OC(C)(C)O1)CCC(C)(C)n1nnnc1-2. The lowest BCUT2D eigenvalue weighted by atomic mass is 9.86. The van der Waals surface area contributed by atoms with Gasteiger partial charge in [-0.05, 0) is 106 Å². The summed E-state index contributed by atoms with van der Waals surface area (Å²) in [4.78, 5) is 17.9. The monoisotopic (exact) mass is 605 g/mol. The Morgan fingerprint density at radius 2 is 1.86 bits per heavy atom. The van der Waals surface area contributed by atoms with Crippen molar-refractivity contribution in [1.82, 2.24) is 25.2 Å². The van der Waals surface area contributed by atoms with E-state index in [2.05, 4.69) is 49.3 Å². The quantitative estimate of drug-likeness (QED) is 0.277. The van der Waals surface area contributed by atoms with Gasteiger partial charge in [-0.1, -0.05) is 38.1 Å². The Hall–Kier alpha value is -3.50. The van der Waals surface area contributed by atoms with E-state index in [-0.39, 0.29) is 41.9 Å². The fourth-order valence-corrected chi connectivity index (χ4v) is 6.08. The number of tetrazole rings is 1. The normalized spacial score (nSPS) is 21.2. The molecular formula is C34H44FN5O4. The van der Waals surface area contributed by atoms with Crippen LogP contribution in [-0.4, -0.2) is 54.8 Å². The van der Waals surface area contributed by atoms with E-state index in [9.17, 15) is 9.18 Å². The number of aromatic nitrogens is 5. The van der Waals surface area contributed by atoms with E-state index in [0.717, 1.165) is 46.5 Å². The van der Waals surface area contributed by atoms with Gasteiger partial charge < -0.3 is 14.2 Å². The molecule has 44 heavy (non-hydrogen) atoms. The summed E-state index contributed by atoms with van der Waals surface area (Å²) in [7, 11) is 0. The van der Waals surface area contributed by atoms with Crippen molar-refractivity contribution < 1.29 is 23.4 Å². The van der Waals surface area contributed by atoms with Crippen molar-refractivity contribution in [1.29, 1.82) is 0 Å². The second-order valence-electron chi connectivity index (χ2n) is 14.2. The Balaban J connectivity index is 1.60. The molecule has 3 aromatic rings. The molecule has 0 amide bonds. The van der Waals surface area contributed by atoms with Crippen molar-refractivity contribution in [2.75, 3.05) is 0 Å². The summed E-state index contributed by atoms with van der Waals surface area (Å²) in [5, 5.41) is 12.7. The van der Waals surface area contributed by atoms with Gasteiger partial charge in [-0.3, -0.25) is 4.79 Å². The first-order chi connectivity index (χ1) is 20.5. The first-order valence-electron chi connectivity index (χ1n) is 15.4. The Labute approximate surface area is 259 Å². The van der Waals surface area contributed by atoms with E-state index < -0.39 is 11.4 Å². The first kappa shape index (κ1) is 31.9. The minimum atomic E-state index is -0.894. The van der Waals surface area contributed by atoms with Crippen molar-refractivity contribution in [3.05, 3.63) is 53.0 Å². The molecule has 2 aromatic heterocycles. The summed E-state index contributed by atoms with van der Waals surface area (Å²) in [6.45, 7) is 17.7.